The quantitative estimate of drug-likeness (QED) is 0.415. The van der Waals surface area contributed by atoms with Crippen molar-refractivity contribution in [1.82, 2.24) is 25.5 Å². The van der Waals surface area contributed by atoms with Crippen molar-refractivity contribution in [1.29, 1.82) is 0 Å². The normalized spacial score (nSPS) is 18.5. The summed E-state index contributed by atoms with van der Waals surface area (Å²) in [5, 5.41) is 7.41. The zero-order valence-corrected chi connectivity index (χ0v) is 19.4. The number of nitrogens with two attached hydrogens (primary N) is 1. The average molecular weight is 497 g/mol. The van der Waals surface area contributed by atoms with Crippen LogP contribution in [0.25, 0.3) is 0 Å². The van der Waals surface area contributed by atoms with Gasteiger partial charge in [-0.05, 0) is 36.4 Å². The summed E-state index contributed by atoms with van der Waals surface area (Å²) in [4.78, 5) is 61.2. The van der Waals surface area contributed by atoms with E-state index in [1.165, 1.54) is 47.2 Å². The molecule has 35 heavy (non-hydrogen) atoms. The topological polar surface area (TPSA) is 161 Å². The van der Waals surface area contributed by atoms with Crippen LogP contribution in [0.3, 0.4) is 0 Å². The number of nitrogens with one attached hydrogen (secondary N) is 2. The monoisotopic (exact) mass is 496 g/mol. The number of furan rings is 1. The molecule has 4 rings (SSSR count). The molecule has 3 unspecified atom stereocenters. The van der Waals surface area contributed by atoms with E-state index in [1.54, 1.807) is 6.07 Å². The highest BCUT2D eigenvalue weighted by Gasteiger charge is 2.39. The van der Waals surface area contributed by atoms with Crippen LogP contribution in [0.2, 0.25) is 0 Å². The zero-order valence-electron chi connectivity index (χ0n) is 18.6. The van der Waals surface area contributed by atoms with Crippen molar-refractivity contribution in [2.75, 3.05) is 6.54 Å². The van der Waals surface area contributed by atoms with E-state index in [-0.39, 0.29) is 30.8 Å². The van der Waals surface area contributed by atoms with E-state index in [1.807, 2.05) is 17.5 Å². The summed E-state index contributed by atoms with van der Waals surface area (Å²) in [6.45, 7) is 0.190. The molecular weight excluding hydrogens is 472 g/mol. The van der Waals surface area contributed by atoms with Crippen molar-refractivity contribution in [2.45, 2.75) is 37.4 Å². The number of likely N-dealkylation sites (tertiary alicyclic amines) is 1. The van der Waals surface area contributed by atoms with E-state index in [9.17, 15) is 19.2 Å². The largest absolute Gasteiger partial charge is 0.459 e. The number of carbonyl (C=O) groups is 4. The van der Waals surface area contributed by atoms with Crippen LogP contribution in [0.4, 0.5) is 0 Å². The molecule has 4 amide bonds. The van der Waals surface area contributed by atoms with E-state index >= 15 is 0 Å². The lowest BCUT2D eigenvalue weighted by Gasteiger charge is -2.38. The van der Waals surface area contributed by atoms with Crippen LogP contribution in [0, 0.1) is 0 Å². The first kappa shape index (κ1) is 24.1. The lowest BCUT2D eigenvalue weighted by atomic mass is 9.95. The fourth-order valence-corrected chi connectivity index (χ4v) is 4.68. The molecule has 1 aliphatic rings. The van der Waals surface area contributed by atoms with Gasteiger partial charge in [-0.2, -0.15) is 0 Å². The fraction of sp³-hybridized carbons (Fsp3) is 0.304. The molecule has 3 atom stereocenters. The molecule has 3 aromatic heterocycles. The van der Waals surface area contributed by atoms with Gasteiger partial charge in [0.1, 0.15) is 17.8 Å². The van der Waals surface area contributed by atoms with Gasteiger partial charge < -0.3 is 25.7 Å². The first-order valence-electron chi connectivity index (χ1n) is 11.0. The minimum absolute atomic E-state index is 0.0925. The molecule has 0 aliphatic carbocycles. The number of hydrogen-bond acceptors (Lipinski definition) is 8. The van der Waals surface area contributed by atoms with Crippen molar-refractivity contribution < 1.29 is 23.6 Å². The number of aromatic nitrogens is 2. The number of thiophene rings is 1. The zero-order chi connectivity index (χ0) is 24.8. The highest BCUT2D eigenvalue weighted by molar-refractivity contribution is 7.09. The van der Waals surface area contributed by atoms with Crippen LogP contribution in [0.1, 0.15) is 38.8 Å². The summed E-state index contributed by atoms with van der Waals surface area (Å²) in [5.74, 6) is -2.01. The predicted molar refractivity (Wildman–Crippen MR) is 125 cm³/mol. The molecule has 12 heteroatoms. The molecule has 0 spiro atoms. The van der Waals surface area contributed by atoms with E-state index in [4.69, 9.17) is 10.2 Å². The van der Waals surface area contributed by atoms with Crippen LogP contribution >= 0.6 is 11.3 Å². The molecule has 1 fully saturated rings. The van der Waals surface area contributed by atoms with Crippen LogP contribution < -0.4 is 16.4 Å². The second kappa shape index (κ2) is 10.9. The van der Waals surface area contributed by atoms with Crippen molar-refractivity contribution in [3.8, 4) is 0 Å². The van der Waals surface area contributed by atoms with Crippen LogP contribution in [-0.2, 0) is 16.0 Å². The fourth-order valence-electron chi connectivity index (χ4n) is 3.93. The summed E-state index contributed by atoms with van der Waals surface area (Å²) in [6.07, 6.45) is 6.38. The summed E-state index contributed by atoms with van der Waals surface area (Å²) in [5.41, 5.74) is 5.69. The number of hydrogen-bond donors (Lipinski definition) is 3. The lowest BCUT2D eigenvalue weighted by Crippen LogP contribution is -2.59. The van der Waals surface area contributed by atoms with Crippen molar-refractivity contribution in [2.24, 2.45) is 5.73 Å². The maximum Gasteiger partial charge on any atom is 0.290 e. The molecule has 0 radical (unpaired) electrons. The number of primary amides is 1. The minimum Gasteiger partial charge on any atom is -0.459 e. The molecule has 1 saturated heterocycles. The maximum atomic E-state index is 13.4. The Morgan fingerprint density at radius 3 is 2.74 bits per heavy atom. The number of amides is 4. The van der Waals surface area contributed by atoms with Crippen molar-refractivity contribution in [3.63, 3.8) is 0 Å². The highest BCUT2D eigenvalue weighted by atomic mass is 32.1. The number of piperidine rings is 1. The third-order valence-electron chi connectivity index (χ3n) is 5.67. The molecular formula is C23H24N6O5S. The van der Waals surface area contributed by atoms with Gasteiger partial charge in [0.15, 0.2) is 5.76 Å². The van der Waals surface area contributed by atoms with Gasteiger partial charge in [-0.15, -0.1) is 11.3 Å². The Morgan fingerprint density at radius 1 is 1.23 bits per heavy atom. The Morgan fingerprint density at radius 2 is 2.09 bits per heavy atom. The third-order valence-corrected chi connectivity index (χ3v) is 6.57. The molecule has 0 bridgehead atoms. The second-order valence-corrected chi connectivity index (χ2v) is 9.06. The second-order valence-electron chi connectivity index (χ2n) is 8.02. The van der Waals surface area contributed by atoms with Crippen molar-refractivity contribution in [3.05, 3.63) is 70.8 Å². The summed E-state index contributed by atoms with van der Waals surface area (Å²) < 4.78 is 5.23. The van der Waals surface area contributed by atoms with E-state index in [0.717, 1.165) is 4.88 Å². The Hall–Kier alpha value is -4.06. The number of carbonyl (C=O) groups excluding carboxylic acids is 4. The molecule has 0 saturated carbocycles. The Labute approximate surface area is 204 Å². The molecule has 4 N–H and O–H groups in total. The van der Waals surface area contributed by atoms with Crippen LogP contribution in [-0.4, -0.2) is 63.2 Å². The molecule has 11 nitrogen and oxygen atoms in total. The summed E-state index contributed by atoms with van der Waals surface area (Å²) >= 11 is 1.45. The predicted octanol–water partition coefficient (Wildman–Crippen LogP) is 0.747. The minimum atomic E-state index is -0.960. The standard InChI is InChI=1S/C23H24N6O5S/c24-20(30)16(12-15-3-2-10-35-15)28-22(32)18-11-14(27-21(31)17-13-25-6-7-26-17)5-8-29(18)23(33)19-4-1-9-34-19/h1-4,6-7,9-10,13-14,16,18H,5,8,11-12H2,(H2,24,30)(H,27,31)(H,28,32). The van der Waals surface area contributed by atoms with Gasteiger partial charge in [-0.3, -0.25) is 24.2 Å². The van der Waals surface area contributed by atoms with Gasteiger partial charge >= 0.3 is 0 Å². The van der Waals surface area contributed by atoms with Gasteiger partial charge in [0, 0.05) is 36.3 Å². The SMILES string of the molecule is NC(=O)C(Cc1cccs1)NC(=O)C1CC(NC(=O)c2cnccn2)CCN1C(=O)c1ccco1. The molecule has 4 heterocycles. The van der Waals surface area contributed by atoms with Crippen LogP contribution in [0.15, 0.2) is 58.9 Å². The van der Waals surface area contributed by atoms with E-state index in [2.05, 4.69) is 20.6 Å². The summed E-state index contributed by atoms with van der Waals surface area (Å²) in [7, 11) is 0. The van der Waals surface area contributed by atoms with Gasteiger partial charge in [0.05, 0.1) is 12.5 Å². The summed E-state index contributed by atoms with van der Waals surface area (Å²) in [6, 6.07) is 4.47. The van der Waals surface area contributed by atoms with Gasteiger partial charge in [-0.1, -0.05) is 6.07 Å². The molecule has 1 aliphatic heterocycles. The van der Waals surface area contributed by atoms with Gasteiger partial charge in [-0.25, -0.2) is 4.98 Å². The highest BCUT2D eigenvalue weighted by Crippen LogP contribution is 2.22. The first-order chi connectivity index (χ1) is 16.9. The number of rotatable bonds is 8. The average Bonchev–Trinajstić information content (AvgIpc) is 3.58. The van der Waals surface area contributed by atoms with Gasteiger partial charge in [0.2, 0.25) is 11.8 Å². The molecule has 0 aromatic carbocycles. The van der Waals surface area contributed by atoms with Crippen molar-refractivity contribution >= 4 is 35.0 Å². The third kappa shape index (κ3) is 5.90. The lowest BCUT2D eigenvalue weighted by molar-refractivity contribution is -0.131. The number of nitrogens with zero attached hydrogens (tertiary/aromatic N) is 3. The Bertz CT molecular complexity index is 1170. The van der Waals surface area contributed by atoms with Crippen LogP contribution in [0.5, 0.6) is 0 Å². The molecule has 182 valence electrons. The molecule has 3 aromatic rings. The Kier molecular flexibility index (Phi) is 7.51. The maximum absolute atomic E-state index is 13.4. The smallest absolute Gasteiger partial charge is 0.290 e. The van der Waals surface area contributed by atoms with E-state index in [0.29, 0.717) is 6.42 Å². The first-order valence-corrected chi connectivity index (χ1v) is 11.8. The van der Waals surface area contributed by atoms with Gasteiger partial charge in [0.25, 0.3) is 11.8 Å². The Balaban J connectivity index is 1.51. The van der Waals surface area contributed by atoms with E-state index < -0.39 is 41.8 Å².